The van der Waals surface area contributed by atoms with Crippen molar-refractivity contribution in [3.63, 3.8) is 0 Å². The lowest BCUT2D eigenvalue weighted by Gasteiger charge is -2.20. The molecule has 0 bridgehead atoms. The smallest absolute Gasteiger partial charge is 0.224 e. The standard InChI is InChI=1S/C17H23N3O/c1-18-9-4-10-20(14-13-18)17(21)8-12-19-11-7-15-5-2-3-6-16(15)19/h2-3,5-7,11H,4,8-10,12-14H2,1H3. The molecule has 1 aromatic carbocycles. The normalized spacial score (nSPS) is 17.1. The first kappa shape index (κ1) is 14.1. The Kier molecular flexibility index (Phi) is 4.25. The SMILES string of the molecule is CN1CCCN(C(=O)CCn2ccc3ccccc32)CC1. The van der Waals surface area contributed by atoms with E-state index in [1.807, 2.05) is 17.0 Å². The number of hydrogen-bond donors (Lipinski definition) is 0. The molecule has 21 heavy (non-hydrogen) atoms. The molecular formula is C17H23N3O. The van der Waals surface area contributed by atoms with Gasteiger partial charge in [-0.2, -0.15) is 0 Å². The summed E-state index contributed by atoms with van der Waals surface area (Å²) in [5.74, 6) is 0.281. The van der Waals surface area contributed by atoms with E-state index in [9.17, 15) is 4.79 Å². The number of carbonyl (C=O) groups is 1. The average Bonchev–Trinajstić information content (AvgIpc) is 2.78. The summed E-state index contributed by atoms with van der Waals surface area (Å²) in [7, 11) is 2.12. The Labute approximate surface area is 125 Å². The highest BCUT2D eigenvalue weighted by Crippen LogP contribution is 2.15. The third-order valence-corrected chi connectivity index (χ3v) is 4.32. The number of rotatable bonds is 3. The second kappa shape index (κ2) is 6.31. The molecule has 2 aromatic rings. The van der Waals surface area contributed by atoms with Crippen molar-refractivity contribution in [2.24, 2.45) is 0 Å². The van der Waals surface area contributed by atoms with Crippen LogP contribution in [0.3, 0.4) is 0 Å². The van der Waals surface area contributed by atoms with Crippen LogP contribution >= 0.6 is 0 Å². The van der Waals surface area contributed by atoms with Gasteiger partial charge in [0.1, 0.15) is 0 Å². The van der Waals surface area contributed by atoms with Gasteiger partial charge in [-0.15, -0.1) is 0 Å². The fraction of sp³-hybridized carbons (Fsp3) is 0.471. The van der Waals surface area contributed by atoms with Crippen LogP contribution in [0.4, 0.5) is 0 Å². The third-order valence-electron chi connectivity index (χ3n) is 4.32. The molecular weight excluding hydrogens is 262 g/mol. The van der Waals surface area contributed by atoms with Crippen LogP contribution in [0.15, 0.2) is 36.5 Å². The number of carbonyl (C=O) groups excluding carboxylic acids is 1. The average molecular weight is 285 g/mol. The minimum atomic E-state index is 0.281. The maximum absolute atomic E-state index is 12.4. The Morgan fingerprint density at radius 1 is 1.10 bits per heavy atom. The zero-order chi connectivity index (χ0) is 14.7. The van der Waals surface area contributed by atoms with Crippen LogP contribution in [0.2, 0.25) is 0 Å². The summed E-state index contributed by atoms with van der Waals surface area (Å²) in [5, 5.41) is 1.24. The number of amides is 1. The minimum Gasteiger partial charge on any atom is -0.347 e. The van der Waals surface area contributed by atoms with Crippen molar-refractivity contribution in [1.29, 1.82) is 0 Å². The Hall–Kier alpha value is -1.81. The first-order valence-corrected chi connectivity index (χ1v) is 7.74. The summed E-state index contributed by atoms with van der Waals surface area (Å²) in [4.78, 5) is 16.7. The lowest BCUT2D eigenvalue weighted by molar-refractivity contribution is -0.131. The summed E-state index contributed by atoms with van der Waals surface area (Å²) >= 11 is 0. The number of para-hydroxylation sites is 1. The predicted octanol–water partition coefficient (Wildman–Crippen LogP) is 2.20. The molecule has 1 fully saturated rings. The van der Waals surface area contributed by atoms with Crippen molar-refractivity contribution in [2.45, 2.75) is 19.4 Å². The molecule has 0 aliphatic carbocycles. The molecule has 0 saturated carbocycles. The minimum absolute atomic E-state index is 0.281. The number of benzene rings is 1. The van der Waals surface area contributed by atoms with Crippen molar-refractivity contribution < 1.29 is 4.79 Å². The lowest BCUT2D eigenvalue weighted by atomic mass is 10.2. The van der Waals surface area contributed by atoms with E-state index in [-0.39, 0.29) is 5.91 Å². The topological polar surface area (TPSA) is 28.5 Å². The fourth-order valence-electron chi connectivity index (χ4n) is 3.01. The van der Waals surface area contributed by atoms with Crippen molar-refractivity contribution in [3.8, 4) is 0 Å². The molecule has 0 unspecified atom stereocenters. The van der Waals surface area contributed by atoms with E-state index in [1.165, 1.54) is 10.9 Å². The van der Waals surface area contributed by atoms with Crippen LogP contribution in [-0.4, -0.2) is 53.5 Å². The number of nitrogens with zero attached hydrogens (tertiary/aromatic N) is 3. The van der Waals surface area contributed by atoms with E-state index >= 15 is 0 Å². The third kappa shape index (κ3) is 3.27. The molecule has 112 valence electrons. The van der Waals surface area contributed by atoms with Gasteiger partial charge >= 0.3 is 0 Å². The van der Waals surface area contributed by atoms with Crippen molar-refractivity contribution in [2.75, 3.05) is 33.2 Å². The second-order valence-electron chi connectivity index (χ2n) is 5.86. The number of likely N-dealkylation sites (N-methyl/N-ethyl adjacent to an activating group) is 1. The molecule has 3 rings (SSSR count). The van der Waals surface area contributed by atoms with Gasteiger partial charge in [-0.05, 0) is 37.5 Å². The van der Waals surface area contributed by atoms with Gasteiger partial charge in [0, 0.05) is 44.3 Å². The molecule has 4 heteroatoms. The Bertz CT molecular complexity index is 619. The summed E-state index contributed by atoms with van der Waals surface area (Å²) in [6.07, 6.45) is 3.74. The van der Waals surface area contributed by atoms with E-state index in [4.69, 9.17) is 0 Å². The van der Waals surface area contributed by atoms with E-state index in [1.54, 1.807) is 0 Å². The van der Waals surface area contributed by atoms with E-state index in [2.05, 4.69) is 40.9 Å². The number of fused-ring (bicyclic) bond motifs is 1. The maximum Gasteiger partial charge on any atom is 0.224 e. The number of aryl methyl sites for hydroxylation is 1. The molecule has 0 atom stereocenters. The number of hydrogen-bond acceptors (Lipinski definition) is 2. The van der Waals surface area contributed by atoms with Crippen LogP contribution in [0.5, 0.6) is 0 Å². The molecule has 0 N–H and O–H groups in total. The predicted molar refractivity (Wildman–Crippen MR) is 85.2 cm³/mol. The molecule has 4 nitrogen and oxygen atoms in total. The highest BCUT2D eigenvalue weighted by molar-refractivity contribution is 5.80. The van der Waals surface area contributed by atoms with Crippen molar-refractivity contribution in [1.82, 2.24) is 14.4 Å². The fourth-order valence-corrected chi connectivity index (χ4v) is 3.01. The highest BCUT2D eigenvalue weighted by Gasteiger charge is 2.17. The van der Waals surface area contributed by atoms with Crippen molar-refractivity contribution in [3.05, 3.63) is 36.5 Å². The Morgan fingerprint density at radius 2 is 1.95 bits per heavy atom. The first-order valence-electron chi connectivity index (χ1n) is 7.74. The Balaban J connectivity index is 1.60. The van der Waals surface area contributed by atoms with Crippen molar-refractivity contribution >= 4 is 16.8 Å². The number of aromatic nitrogens is 1. The monoisotopic (exact) mass is 285 g/mol. The summed E-state index contributed by atoms with van der Waals surface area (Å²) < 4.78 is 2.18. The van der Waals surface area contributed by atoms with Gasteiger partial charge in [0.05, 0.1) is 0 Å². The molecule has 1 amide bonds. The second-order valence-corrected chi connectivity index (χ2v) is 5.86. The summed E-state index contributed by atoms with van der Waals surface area (Å²) in [6.45, 7) is 4.60. The van der Waals surface area contributed by atoms with Gasteiger partial charge in [0.25, 0.3) is 0 Å². The molecule has 0 radical (unpaired) electrons. The van der Waals surface area contributed by atoms with Gasteiger partial charge in [0.15, 0.2) is 0 Å². The Morgan fingerprint density at radius 3 is 2.86 bits per heavy atom. The van der Waals surface area contributed by atoms with E-state index in [0.29, 0.717) is 6.42 Å². The maximum atomic E-state index is 12.4. The molecule has 1 aliphatic heterocycles. The summed E-state index contributed by atoms with van der Waals surface area (Å²) in [6, 6.07) is 10.4. The zero-order valence-corrected chi connectivity index (χ0v) is 12.7. The van der Waals surface area contributed by atoms with Crippen LogP contribution in [0.1, 0.15) is 12.8 Å². The molecule has 1 aromatic heterocycles. The lowest BCUT2D eigenvalue weighted by Crippen LogP contribution is -2.34. The van der Waals surface area contributed by atoms with Gasteiger partial charge in [-0.1, -0.05) is 18.2 Å². The molecule has 1 saturated heterocycles. The highest BCUT2D eigenvalue weighted by atomic mass is 16.2. The van der Waals surface area contributed by atoms with Gasteiger partial charge < -0.3 is 14.4 Å². The molecule has 0 spiro atoms. The van der Waals surface area contributed by atoms with E-state index in [0.717, 1.165) is 39.1 Å². The van der Waals surface area contributed by atoms with E-state index < -0.39 is 0 Å². The van der Waals surface area contributed by atoms with Gasteiger partial charge in [0.2, 0.25) is 5.91 Å². The molecule has 2 heterocycles. The first-order chi connectivity index (χ1) is 10.2. The van der Waals surface area contributed by atoms with Crippen LogP contribution < -0.4 is 0 Å². The quantitative estimate of drug-likeness (QED) is 0.865. The van der Waals surface area contributed by atoms with Gasteiger partial charge in [-0.25, -0.2) is 0 Å². The molecule has 1 aliphatic rings. The van der Waals surface area contributed by atoms with Crippen LogP contribution in [0, 0.1) is 0 Å². The van der Waals surface area contributed by atoms with Crippen LogP contribution in [-0.2, 0) is 11.3 Å². The van der Waals surface area contributed by atoms with Crippen LogP contribution in [0.25, 0.3) is 10.9 Å². The zero-order valence-electron chi connectivity index (χ0n) is 12.7. The van der Waals surface area contributed by atoms with Gasteiger partial charge in [-0.3, -0.25) is 4.79 Å². The largest absolute Gasteiger partial charge is 0.347 e. The summed E-state index contributed by atoms with van der Waals surface area (Å²) in [5.41, 5.74) is 1.21.